The molecule has 2 aromatic carbocycles. The molecule has 3 aliphatic rings. The van der Waals surface area contributed by atoms with E-state index in [-0.39, 0.29) is 57.9 Å². The summed E-state index contributed by atoms with van der Waals surface area (Å²) in [5.41, 5.74) is 10.7. The quantitative estimate of drug-likeness (QED) is 0.0172. The molecule has 0 spiro atoms. The van der Waals surface area contributed by atoms with E-state index in [0.29, 0.717) is 186 Å². The fraction of sp³-hybridized carbons (Fsp3) is 0.552. The number of nitrogen functional groups attached to an aromatic ring is 1. The summed E-state index contributed by atoms with van der Waals surface area (Å²) >= 11 is 0. The lowest BCUT2D eigenvalue weighted by atomic mass is 9.89. The predicted octanol–water partition coefficient (Wildman–Crippen LogP) is 12.3. The van der Waals surface area contributed by atoms with E-state index in [1.165, 1.54) is 25.4 Å². The number of carboxylic acid groups (broad SMARTS) is 1. The number of nitrogens with one attached hydrogen (secondary N) is 6. The zero-order valence-corrected chi connectivity index (χ0v) is 74.0. The molecule has 0 bridgehead atoms. The van der Waals surface area contributed by atoms with Crippen LogP contribution in [0.5, 0.6) is 23.0 Å². The number of carboxylic acids is 1. The van der Waals surface area contributed by atoms with E-state index in [0.717, 1.165) is 75.0 Å². The molecule has 0 saturated carbocycles. The van der Waals surface area contributed by atoms with Gasteiger partial charge in [0, 0.05) is 148 Å². The number of hydrogen-bond donors (Lipinski definition) is 9. The lowest BCUT2D eigenvalue weighted by Crippen LogP contribution is -2.59. The molecule has 2 amide bonds. The summed E-state index contributed by atoms with van der Waals surface area (Å²) in [6.07, 6.45) is 16.6. The van der Waals surface area contributed by atoms with Crippen molar-refractivity contribution in [2.45, 2.75) is 206 Å². The Bertz CT molecular complexity index is 4770. The number of carbonyl (C=O) groups is 6. The number of rotatable bonds is 40. The summed E-state index contributed by atoms with van der Waals surface area (Å²) < 4.78 is 21.7. The van der Waals surface area contributed by atoms with Crippen LogP contribution in [0.25, 0.3) is 33.1 Å². The van der Waals surface area contributed by atoms with Crippen LogP contribution in [-0.2, 0) is 27.5 Å². The van der Waals surface area contributed by atoms with Crippen molar-refractivity contribution >= 4 is 104 Å². The average Bonchev–Trinajstić information content (AvgIpc) is 0.784. The number of hydrogen-bond acceptors (Lipinski definition) is 30. The van der Waals surface area contributed by atoms with Crippen LogP contribution in [0.15, 0.2) is 73.2 Å². The van der Waals surface area contributed by atoms with Crippen molar-refractivity contribution in [1.82, 2.24) is 80.8 Å². The number of anilines is 6. The van der Waals surface area contributed by atoms with Gasteiger partial charge in [-0.2, -0.15) is 15.0 Å². The molecule has 0 aliphatic carbocycles. The van der Waals surface area contributed by atoms with Gasteiger partial charge in [0.15, 0.2) is 17.5 Å². The number of benzene rings is 2. The minimum absolute atomic E-state index is 0. The van der Waals surface area contributed by atoms with Crippen molar-refractivity contribution in [3.8, 4) is 23.0 Å². The van der Waals surface area contributed by atoms with Gasteiger partial charge in [-0.15, -0.1) is 0 Å². The topological polar surface area (TPSA) is 425 Å². The Kier molecular flexibility index (Phi) is 36.1. The number of Topliss-reactive ketones (excluding diaryl/α,β-unsaturated/α-hetero) is 3. The highest BCUT2D eigenvalue weighted by Gasteiger charge is 2.36. The molecule has 8 aromatic rings. The normalized spacial score (nSPS) is 14.8. The molecule has 120 heavy (non-hydrogen) atoms. The van der Waals surface area contributed by atoms with Crippen molar-refractivity contribution in [3.63, 3.8) is 0 Å². The predicted molar refractivity (Wildman–Crippen MR) is 474 cm³/mol. The third-order valence-electron chi connectivity index (χ3n) is 22.1. The van der Waals surface area contributed by atoms with Crippen LogP contribution in [-0.4, -0.2) is 254 Å². The summed E-state index contributed by atoms with van der Waals surface area (Å²) in [6, 6.07) is 17.7. The van der Waals surface area contributed by atoms with Gasteiger partial charge < -0.3 is 107 Å². The molecule has 3 aliphatic heterocycles. The standard InChI is InChI=1S/C32H45N7O4.C27H35N5O5.C23H35N7O2.C5H12N2.H3N/c1-8-9-13-32(3,14-12-21(2)40)37-29-28-26(15-23(18-33-28)30(41)39-19-24(20-39)38(4)5)35-31(36-29)34-17-22-10-11-25(42-6)16-27(22)43-7;1-6-7-11-27(3,12-10-17(2)33)32-24-23-21(13-19(16-28-23)25(34)35)30-26(31-24)29-15-18-8-9-20(36-4)14-22(18)37-5;1-6-7-9-23(3,10-8-15(2)31)28-20-19-18(26-22(24)27-20)11-16(12-25-19)21(32)30-13-17(14-30)29(4)5;1-7(2)5-3-6-4-5;/h10-11,15-16,18,24H,8-9,12-14,17,19-20H2,1-7H3,(H2,34,35,36,37);8-9,13-14,16H,6-7,10-12,15H2,1-5H3,(H,34,35)(H2,29,30,31,32);11-12,17H,6-10,13-14H2,1-5H3,(H3,24,26,27,28);5-6H,3-4H2,1-2H3;1H3/t32-;27-;23-;;/m111../s1. The van der Waals surface area contributed by atoms with Gasteiger partial charge in [0.05, 0.1) is 61.7 Å². The van der Waals surface area contributed by atoms with E-state index >= 15 is 0 Å². The number of unbranched alkanes of at least 4 members (excludes halogenated alkanes) is 3. The Labute approximate surface area is 706 Å². The third-order valence-corrected chi connectivity index (χ3v) is 22.1. The number of carbonyl (C=O) groups excluding carboxylic acids is 5. The van der Waals surface area contributed by atoms with E-state index in [1.54, 1.807) is 84.7 Å². The maximum atomic E-state index is 13.3. The first-order valence-electron chi connectivity index (χ1n) is 41.2. The summed E-state index contributed by atoms with van der Waals surface area (Å²) in [4.78, 5) is 124. The van der Waals surface area contributed by atoms with E-state index < -0.39 is 11.5 Å². The lowest BCUT2D eigenvalue weighted by Gasteiger charge is -2.42. The number of methoxy groups -OCH3 is 4. The van der Waals surface area contributed by atoms with Gasteiger partial charge in [0.25, 0.3) is 11.8 Å². The SMILES string of the molecule is CCCC[C@](C)(CCC(C)=O)Nc1nc(N)nc2cc(C(=O)N3CC(N(C)C)C3)cnc12.CCCC[C@](C)(CCC(C)=O)Nc1nc(NCc2ccc(OC)cc2OC)nc2cc(C(=O)N3CC(N(C)C)C3)cnc12.CCCC[C@](C)(CCC(C)=O)Nc1nc(NCc2ccc(OC)cc2OC)nc2cc(C(=O)O)cnc12.CN(C)C1CNC1.N. The molecular weight excluding hydrogens is 1530 g/mol. The summed E-state index contributed by atoms with van der Waals surface area (Å²) in [6.45, 7) is 23.4. The maximum Gasteiger partial charge on any atom is 0.337 e. The Morgan fingerprint density at radius 2 is 0.825 bits per heavy atom. The molecule has 6 aromatic heterocycles. The van der Waals surface area contributed by atoms with Gasteiger partial charge in [-0.25, -0.2) is 34.7 Å². The molecule has 654 valence electrons. The van der Waals surface area contributed by atoms with Gasteiger partial charge in [-0.1, -0.05) is 59.3 Å². The monoisotopic (exact) mass is 1660 g/mol. The van der Waals surface area contributed by atoms with Gasteiger partial charge in [-0.3, -0.25) is 9.59 Å². The minimum atomic E-state index is -1.09. The van der Waals surface area contributed by atoms with Crippen LogP contribution in [0, 0.1) is 0 Å². The van der Waals surface area contributed by atoms with Crippen LogP contribution in [0.3, 0.4) is 0 Å². The first-order chi connectivity index (χ1) is 56.6. The number of pyridine rings is 3. The number of likely N-dealkylation sites (N-methyl/N-ethyl adjacent to an activating group) is 3. The van der Waals surface area contributed by atoms with Gasteiger partial charge in [-0.05, 0) is 165 Å². The number of ether oxygens (including phenoxy) is 4. The van der Waals surface area contributed by atoms with Crippen molar-refractivity contribution in [1.29, 1.82) is 0 Å². The van der Waals surface area contributed by atoms with Crippen LogP contribution in [0.1, 0.15) is 201 Å². The first-order valence-corrected chi connectivity index (χ1v) is 41.2. The van der Waals surface area contributed by atoms with Crippen LogP contribution < -0.4 is 62.7 Å². The summed E-state index contributed by atoms with van der Waals surface area (Å²) in [5, 5.41) is 29.9. The molecule has 3 fully saturated rings. The van der Waals surface area contributed by atoms with Crippen molar-refractivity contribution < 1.29 is 52.8 Å². The Hall–Kier alpha value is -10.9. The molecule has 9 heterocycles. The summed E-state index contributed by atoms with van der Waals surface area (Å²) in [7, 11) is 18.7. The number of ketones is 3. The molecule has 12 N–H and O–H groups in total. The molecule has 0 radical (unpaired) electrons. The van der Waals surface area contributed by atoms with Crippen LogP contribution >= 0.6 is 0 Å². The van der Waals surface area contributed by atoms with Crippen molar-refractivity contribution in [2.24, 2.45) is 0 Å². The number of aromatic nitrogens is 9. The van der Waals surface area contributed by atoms with Gasteiger partial charge in [0.2, 0.25) is 17.8 Å². The van der Waals surface area contributed by atoms with E-state index in [4.69, 9.17) is 39.6 Å². The second kappa shape index (κ2) is 45.0. The van der Waals surface area contributed by atoms with Crippen LogP contribution in [0.2, 0.25) is 0 Å². The van der Waals surface area contributed by atoms with Crippen LogP contribution in [0.4, 0.5) is 35.3 Å². The lowest BCUT2D eigenvalue weighted by molar-refractivity contribution is -0.118. The first kappa shape index (κ1) is 96.3. The zero-order chi connectivity index (χ0) is 86.9. The number of nitrogens with two attached hydrogens (primary N) is 1. The number of amides is 2. The molecule has 3 saturated heterocycles. The van der Waals surface area contributed by atoms with Gasteiger partial charge >= 0.3 is 5.97 Å². The molecule has 11 rings (SSSR count). The highest BCUT2D eigenvalue weighted by Crippen LogP contribution is 2.36. The van der Waals surface area contributed by atoms with Crippen molar-refractivity contribution in [3.05, 3.63) is 101 Å². The van der Waals surface area contributed by atoms with E-state index in [1.807, 2.05) is 63.4 Å². The molecular formula is C87H130N22O11. The number of aromatic carboxylic acids is 1. The smallest absolute Gasteiger partial charge is 0.337 e. The Balaban J connectivity index is 0.000000239. The maximum absolute atomic E-state index is 13.3. The fourth-order valence-corrected chi connectivity index (χ4v) is 13.8. The molecule has 33 heteroatoms. The molecule has 33 nitrogen and oxygen atoms in total. The van der Waals surface area contributed by atoms with Crippen molar-refractivity contribution in [2.75, 3.05) is 142 Å². The number of likely N-dealkylation sites (tertiary alicyclic amines) is 2. The second-order valence-corrected chi connectivity index (χ2v) is 32.8. The molecule has 3 atom stereocenters. The number of fused-ring (bicyclic) bond motifs is 3. The highest BCUT2D eigenvalue weighted by atomic mass is 16.5. The minimum Gasteiger partial charge on any atom is -0.497 e. The average molecular weight is 1660 g/mol. The second-order valence-electron chi connectivity index (χ2n) is 32.8. The fourth-order valence-electron chi connectivity index (χ4n) is 13.8. The van der Waals surface area contributed by atoms with E-state index in [2.05, 4.69) is 132 Å². The molecule has 0 unspecified atom stereocenters. The Morgan fingerprint density at radius 3 is 1.12 bits per heavy atom. The third kappa shape index (κ3) is 27.3. The largest absolute Gasteiger partial charge is 0.497 e. The summed E-state index contributed by atoms with van der Waals surface area (Å²) in [5.74, 6) is 4.32. The highest BCUT2D eigenvalue weighted by molar-refractivity contribution is 6.00. The zero-order valence-electron chi connectivity index (χ0n) is 74.0. The Morgan fingerprint density at radius 1 is 0.483 bits per heavy atom. The number of nitrogens with zero attached hydrogens (tertiary/aromatic N) is 14. The van der Waals surface area contributed by atoms with E-state index in [9.17, 15) is 33.9 Å². The van der Waals surface area contributed by atoms with Gasteiger partial charge in [0.1, 0.15) is 56.9 Å².